The van der Waals surface area contributed by atoms with Gasteiger partial charge < -0.3 is 10.2 Å². The van der Waals surface area contributed by atoms with Crippen LogP contribution in [0.15, 0.2) is 0 Å². The van der Waals surface area contributed by atoms with Crippen LogP contribution in [0.4, 0.5) is 0 Å². The van der Waals surface area contributed by atoms with Gasteiger partial charge in [-0.1, -0.05) is 6.42 Å². The fourth-order valence-electron chi connectivity index (χ4n) is 3.09. The largest absolute Gasteiger partial charge is 0.393 e. The van der Waals surface area contributed by atoms with Gasteiger partial charge in [-0.3, -0.25) is 0 Å². The molecule has 0 aromatic carbocycles. The Labute approximate surface area is 80.0 Å². The van der Waals surface area contributed by atoms with Gasteiger partial charge in [0.25, 0.3) is 0 Å². The van der Waals surface area contributed by atoms with E-state index in [1.807, 2.05) is 0 Å². The molecule has 0 aromatic rings. The van der Waals surface area contributed by atoms with E-state index in [1.165, 1.54) is 12.8 Å². The molecule has 1 spiro atoms. The van der Waals surface area contributed by atoms with Gasteiger partial charge >= 0.3 is 0 Å². The zero-order valence-electron chi connectivity index (χ0n) is 8.21. The van der Waals surface area contributed by atoms with Crippen LogP contribution in [0.2, 0.25) is 0 Å². The van der Waals surface area contributed by atoms with Crippen LogP contribution in [-0.4, -0.2) is 22.4 Å². The van der Waals surface area contributed by atoms with Crippen LogP contribution in [-0.2, 0) is 0 Å². The fourth-order valence-corrected chi connectivity index (χ4v) is 3.09. The van der Waals surface area contributed by atoms with E-state index in [4.69, 9.17) is 0 Å². The van der Waals surface area contributed by atoms with E-state index in [-0.39, 0.29) is 12.2 Å². The fraction of sp³-hybridized carbons (Fsp3) is 1.00. The second-order valence-corrected chi connectivity index (χ2v) is 4.98. The van der Waals surface area contributed by atoms with Crippen LogP contribution in [0, 0.1) is 5.41 Å². The van der Waals surface area contributed by atoms with E-state index < -0.39 is 0 Å². The molecule has 13 heavy (non-hydrogen) atoms. The monoisotopic (exact) mass is 184 g/mol. The van der Waals surface area contributed by atoms with Crippen LogP contribution in [0.3, 0.4) is 0 Å². The van der Waals surface area contributed by atoms with Crippen LogP contribution < -0.4 is 0 Å². The molecule has 2 N–H and O–H groups in total. The normalized spacial score (nSPS) is 46.6. The van der Waals surface area contributed by atoms with Crippen LogP contribution >= 0.6 is 0 Å². The first kappa shape index (κ1) is 9.47. The minimum atomic E-state index is -0.0657. The molecule has 0 heterocycles. The van der Waals surface area contributed by atoms with E-state index in [1.54, 1.807) is 0 Å². The van der Waals surface area contributed by atoms with E-state index in [9.17, 15) is 10.2 Å². The van der Waals surface area contributed by atoms with Crippen molar-refractivity contribution >= 4 is 0 Å². The highest BCUT2D eigenvalue weighted by Crippen LogP contribution is 2.47. The van der Waals surface area contributed by atoms with E-state index in [0.717, 1.165) is 38.5 Å². The van der Waals surface area contributed by atoms with Gasteiger partial charge in [0.05, 0.1) is 12.2 Å². The summed E-state index contributed by atoms with van der Waals surface area (Å²) in [5, 5.41) is 19.1. The highest BCUT2D eigenvalue weighted by Gasteiger charge is 2.38. The highest BCUT2D eigenvalue weighted by molar-refractivity contribution is 4.90. The first-order valence-electron chi connectivity index (χ1n) is 5.56. The first-order chi connectivity index (χ1) is 6.20. The zero-order chi connectivity index (χ0) is 9.31. The summed E-state index contributed by atoms with van der Waals surface area (Å²) in [6, 6.07) is 0. The lowest BCUT2D eigenvalue weighted by molar-refractivity contribution is -0.00808. The summed E-state index contributed by atoms with van der Waals surface area (Å²) < 4.78 is 0. The Kier molecular flexibility index (Phi) is 2.61. The maximum Gasteiger partial charge on any atom is 0.0545 e. The molecule has 0 radical (unpaired) electrons. The summed E-state index contributed by atoms with van der Waals surface area (Å²) in [7, 11) is 0. The maximum atomic E-state index is 9.63. The molecular formula is C11H20O2. The Balaban J connectivity index is 1.95. The van der Waals surface area contributed by atoms with Crippen LogP contribution in [0.5, 0.6) is 0 Å². The molecule has 0 bridgehead atoms. The van der Waals surface area contributed by atoms with Gasteiger partial charge in [0, 0.05) is 0 Å². The van der Waals surface area contributed by atoms with Gasteiger partial charge in [-0.2, -0.15) is 0 Å². The third-order valence-corrected chi connectivity index (χ3v) is 3.93. The Bertz CT molecular complexity index is 171. The molecule has 1 atom stereocenters. The lowest BCUT2D eigenvalue weighted by Gasteiger charge is -2.43. The summed E-state index contributed by atoms with van der Waals surface area (Å²) in [4.78, 5) is 0. The molecule has 2 aliphatic carbocycles. The molecule has 1 unspecified atom stereocenters. The number of aliphatic hydroxyl groups excluding tert-OH is 2. The average molecular weight is 184 g/mol. The van der Waals surface area contributed by atoms with Crippen molar-refractivity contribution in [2.75, 3.05) is 0 Å². The molecule has 2 fully saturated rings. The minimum Gasteiger partial charge on any atom is -0.393 e. The molecule has 2 heteroatoms. The van der Waals surface area contributed by atoms with Crippen molar-refractivity contribution in [2.24, 2.45) is 5.41 Å². The van der Waals surface area contributed by atoms with Gasteiger partial charge in [-0.15, -0.1) is 0 Å². The van der Waals surface area contributed by atoms with E-state index >= 15 is 0 Å². The lowest BCUT2D eigenvalue weighted by Crippen LogP contribution is -2.36. The van der Waals surface area contributed by atoms with Gasteiger partial charge in [0.1, 0.15) is 0 Å². The molecule has 0 aromatic heterocycles. The Hall–Kier alpha value is -0.0800. The Morgan fingerprint density at radius 3 is 2.15 bits per heavy atom. The molecule has 0 aliphatic heterocycles. The second-order valence-electron chi connectivity index (χ2n) is 4.98. The van der Waals surface area contributed by atoms with Crippen molar-refractivity contribution in [3.63, 3.8) is 0 Å². The first-order valence-corrected chi connectivity index (χ1v) is 5.56. The predicted octanol–water partition coefficient (Wildman–Crippen LogP) is 1.84. The van der Waals surface area contributed by atoms with Gasteiger partial charge in [-0.25, -0.2) is 0 Å². The summed E-state index contributed by atoms with van der Waals surface area (Å²) >= 11 is 0. The molecule has 76 valence electrons. The maximum absolute atomic E-state index is 9.63. The predicted molar refractivity (Wildman–Crippen MR) is 51.4 cm³/mol. The molecule has 2 nitrogen and oxygen atoms in total. The number of aliphatic hydroxyl groups is 2. The van der Waals surface area contributed by atoms with Crippen LogP contribution in [0.1, 0.15) is 51.4 Å². The average Bonchev–Trinajstić information content (AvgIpc) is 2.11. The van der Waals surface area contributed by atoms with Crippen molar-refractivity contribution in [3.8, 4) is 0 Å². The quantitative estimate of drug-likeness (QED) is 0.603. The lowest BCUT2D eigenvalue weighted by atomic mass is 9.64. The van der Waals surface area contributed by atoms with Gasteiger partial charge in [-0.05, 0) is 50.4 Å². The SMILES string of the molecule is OC1CCC2(CCCC(O)C2)CC1. The van der Waals surface area contributed by atoms with Gasteiger partial charge in [0.2, 0.25) is 0 Å². The van der Waals surface area contributed by atoms with Gasteiger partial charge in [0.15, 0.2) is 0 Å². The molecule has 2 rings (SSSR count). The number of rotatable bonds is 0. The molecule has 0 saturated heterocycles. The standard InChI is InChI=1S/C11H20O2/c12-9-3-6-11(7-4-9)5-1-2-10(13)8-11/h9-10,12-13H,1-8H2. The number of hydrogen-bond acceptors (Lipinski definition) is 2. The summed E-state index contributed by atoms with van der Waals surface area (Å²) in [6.07, 6.45) is 8.46. The van der Waals surface area contributed by atoms with E-state index in [0.29, 0.717) is 5.41 Å². The third kappa shape index (κ3) is 2.05. The summed E-state index contributed by atoms with van der Waals surface area (Å²) in [5.74, 6) is 0. The highest BCUT2D eigenvalue weighted by atomic mass is 16.3. The van der Waals surface area contributed by atoms with Crippen molar-refractivity contribution in [2.45, 2.75) is 63.6 Å². The molecular weight excluding hydrogens is 164 g/mol. The van der Waals surface area contributed by atoms with E-state index in [2.05, 4.69) is 0 Å². The molecule has 2 saturated carbocycles. The van der Waals surface area contributed by atoms with Crippen molar-refractivity contribution in [1.82, 2.24) is 0 Å². The molecule has 2 aliphatic rings. The summed E-state index contributed by atoms with van der Waals surface area (Å²) in [5.41, 5.74) is 0.400. The minimum absolute atomic E-state index is 0.0651. The second kappa shape index (κ2) is 3.58. The summed E-state index contributed by atoms with van der Waals surface area (Å²) in [6.45, 7) is 0. The Morgan fingerprint density at radius 2 is 1.54 bits per heavy atom. The molecule has 0 amide bonds. The Morgan fingerprint density at radius 1 is 0.846 bits per heavy atom. The van der Waals surface area contributed by atoms with Crippen molar-refractivity contribution in [3.05, 3.63) is 0 Å². The number of hydrogen-bond donors (Lipinski definition) is 2. The topological polar surface area (TPSA) is 40.5 Å². The smallest absolute Gasteiger partial charge is 0.0545 e. The van der Waals surface area contributed by atoms with Crippen LogP contribution in [0.25, 0.3) is 0 Å². The third-order valence-electron chi connectivity index (χ3n) is 3.93. The zero-order valence-corrected chi connectivity index (χ0v) is 8.21. The van der Waals surface area contributed by atoms with Crippen molar-refractivity contribution < 1.29 is 10.2 Å². The van der Waals surface area contributed by atoms with Crippen molar-refractivity contribution in [1.29, 1.82) is 0 Å².